The molecule has 0 heterocycles. The van der Waals surface area contributed by atoms with Gasteiger partial charge in [-0.3, -0.25) is 10.1 Å². The van der Waals surface area contributed by atoms with Crippen molar-refractivity contribution in [2.45, 2.75) is 33.2 Å². The molecule has 1 atom stereocenters. The van der Waals surface area contributed by atoms with Gasteiger partial charge in [-0.2, -0.15) is 0 Å². The van der Waals surface area contributed by atoms with Crippen LogP contribution in [0.3, 0.4) is 0 Å². The first-order valence-electron chi connectivity index (χ1n) is 6.32. The van der Waals surface area contributed by atoms with Crippen LogP contribution in [0.2, 0.25) is 0 Å². The average molecular weight is 285 g/mol. The van der Waals surface area contributed by atoms with Gasteiger partial charge < -0.3 is 15.3 Å². The van der Waals surface area contributed by atoms with Crippen molar-refractivity contribution in [2.75, 3.05) is 20.6 Å². The molecule has 3 N–H and O–H groups in total. The molecule has 0 aromatic heterocycles. The van der Waals surface area contributed by atoms with Gasteiger partial charge in [0.2, 0.25) is 0 Å². The van der Waals surface area contributed by atoms with E-state index in [0.717, 1.165) is 13.0 Å². The molecule has 1 unspecified atom stereocenters. The Balaban J connectivity index is 4.37. The van der Waals surface area contributed by atoms with Crippen LogP contribution in [0.4, 0.5) is 4.79 Å². The Hall–Kier alpha value is -1.89. The van der Waals surface area contributed by atoms with Gasteiger partial charge in [-0.25, -0.2) is 9.59 Å². The fraction of sp³-hybridized carbons (Fsp3) is 0.615. The van der Waals surface area contributed by atoms with E-state index in [2.05, 4.69) is 10.6 Å². The molecule has 0 radical (unpaired) electrons. The highest BCUT2D eigenvalue weighted by molar-refractivity contribution is 6.07. The molecule has 0 aromatic carbocycles. The molecule has 0 spiro atoms. The van der Waals surface area contributed by atoms with E-state index in [0.29, 0.717) is 0 Å². The Bertz CT molecular complexity index is 416. The van der Waals surface area contributed by atoms with Crippen LogP contribution in [0.1, 0.15) is 27.2 Å². The topological polar surface area (TPSA) is 98.7 Å². The zero-order valence-corrected chi connectivity index (χ0v) is 12.6. The van der Waals surface area contributed by atoms with Crippen molar-refractivity contribution in [1.29, 1.82) is 0 Å². The van der Waals surface area contributed by atoms with Gasteiger partial charge in [0.1, 0.15) is 0 Å². The van der Waals surface area contributed by atoms with Crippen molar-refractivity contribution >= 4 is 17.9 Å². The van der Waals surface area contributed by atoms with E-state index < -0.39 is 17.9 Å². The number of nitrogens with zero attached hydrogens (tertiary/aromatic N) is 1. The van der Waals surface area contributed by atoms with Crippen LogP contribution in [0.25, 0.3) is 0 Å². The second-order valence-electron chi connectivity index (χ2n) is 4.98. The zero-order valence-electron chi connectivity index (χ0n) is 12.6. The lowest BCUT2D eigenvalue weighted by molar-refractivity contribution is -0.133. The van der Waals surface area contributed by atoms with Gasteiger partial charge >= 0.3 is 12.0 Å². The summed E-state index contributed by atoms with van der Waals surface area (Å²) >= 11 is 0. The molecule has 3 amide bonds. The highest BCUT2D eigenvalue weighted by atomic mass is 16.4. The number of carbonyl (C=O) groups excluding carboxylic acids is 2. The van der Waals surface area contributed by atoms with E-state index in [4.69, 9.17) is 5.11 Å². The molecular formula is C13H23N3O4. The first kappa shape index (κ1) is 18.1. The van der Waals surface area contributed by atoms with E-state index in [1.807, 2.05) is 25.9 Å². The summed E-state index contributed by atoms with van der Waals surface area (Å²) in [4.78, 5) is 35.9. The summed E-state index contributed by atoms with van der Waals surface area (Å²) in [5.41, 5.74) is -0.0791. The Labute approximate surface area is 119 Å². The number of nitrogens with one attached hydrogen (secondary N) is 2. The van der Waals surface area contributed by atoms with Crippen molar-refractivity contribution in [3.8, 4) is 0 Å². The molecule has 0 saturated heterocycles. The Morgan fingerprint density at radius 1 is 1.15 bits per heavy atom. The van der Waals surface area contributed by atoms with Crippen LogP contribution in [0.15, 0.2) is 11.1 Å². The SMILES string of the molecule is CC(C(=O)O)=C(C)C(=O)NC(=O)NC(C)CCN(C)C. The number of carboxylic acids is 1. The fourth-order valence-corrected chi connectivity index (χ4v) is 1.31. The molecule has 114 valence electrons. The summed E-state index contributed by atoms with van der Waals surface area (Å²) in [5, 5.41) is 13.5. The number of urea groups is 1. The average Bonchev–Trinajstić information content (AvgIpc) is 2.33. The summed E-state index contributed by atoms with van der Waals surface area (Å²) in [5.74, 6) is -1.89. The number of carbonyl (C=O) groups is 3. The number of carboxylic acid groups (broad SMARTS) is 1. The molecule has 0 saturated carbocycles. The first-order valence-corrected chi connectivity index (χ1v) is 6.32. The van der Waals surface area contributed by atoms with Gasteiger partial charge in [0.25, 0.3) is 5.91 Å². The van der Waals surface area contributed by atoms with E-state index in [1.165, 1.54) is 13.8 Å². The number of rotatable bonds is 6. The van der Waals surface area contributed by atoms with E-state index in [9.17, 15) is 14.4 Å². The Morgan fingerprint density at radius 3 is 2.15 bits per heavy atom. The van der Waals surface area contributed by atoms with Crippen LogP contribution in [0.5, 0.6) is 0 Å². The molecule has 0 aliphatic heterocycles. The van der Waals surface area contributed by atoms with E-state index in [1.54, 1.807) is 0 Å². The highest BCUT2D eigenvalue weighted by Gasteiger charge is 2.16. The lowest BCUT2D eigenvalue weighted by Gasteiger charge is -2.17. The van der Waals surface area contributed by atoms with Crippen molar-refractivity contribution in [3.63, 3.8) is 0 Å². The highest BCUT2D eigenvalue weighted by Crippen LogP contribution is 2.03. The predicted molar refractivity (Wildman–Crippen MR) is 75.3 cm³/mol. The smallest absolute Gasteiger partial charge is 0.331 e. The van der Waals surface area contributed by atoms with Gasteiger partial charge in [-0.1, -0.05) is 0 Å². The summed E-state index contributed by atoms with van der Waals surface area (Å²) in [7, 11) is 3.86. The van der Waals surface area contributed by atoms with Gasteiger partial charge in [-0.05, 0) is 47.8 Å². The number of imide groups is 1. The summed E-state index contributed by atoms with van der Waals surface area (Å²) in [6.45, 7) is 5.32. The van der Waals surface area contributed by atoms with Crippen molar-refractivity contribution in [2.24, 2.45) is 0 Å². The van der Waals surface area contributed by atoms with Crippen LogP contribution in [0, 0.1) is 0 Å². The van der Waals surface area contributed by atoms with Crippen LogP contribution < -0.4 is 10.6 Å². The number of aliphatic carboxylic acids is 1. The van der Waals surface area contributed by atoms with Crippen molar-refractivity contribution in [3.05, 3.63) is 11.1 Å². The third kappa shape index (κ3) is 6.89. The van der Waals surface area contributed by atoms with Gasteiger partial charge in [0.05, 0.1) is 0 Å². The van der Waals surface area contributed by atoms with Crippen LogP contribution in [-0.4, -0.2) is 54.6 Å². The maximum absolute atomic E-state index is 11.6. The second-order valence-corrected chi connectivity index (χ2v) is 4.98. The zero-order chi connectivity index (χ0) is 15.9. The van der Waals surface area contributed by atoms with Gasteiger partial charge in [0.15, 0.2) is 0 Å². The third-order valence-electron chi connectivity index (χ3n) is 2.84. The molecule has 0 aliphatic carbocycles. The largest absolute Gasteiger partial charge is 0.478 e. The van der Waals surface area contributed by atoms with Crippen molar-refractivity contribution < 1.29 is 19.5 Å². The van der Waals surface area contributed by atoms with Crippen molar-refractivity contribution in [1.82, 2.24) is 15.5 Å². The second kappa shape index (κ2) is 8.31. The molecule has 7 nitrogen and oxygen atoms in total. The maximum atomic E-state index is 11.6. The standard InChI is InChI=1S/C13H23N3O4/c1-8(6-7-16(4)5)14-13(20)15-11(17)9(2)10(3)12(18)19/h8H,6-7H2,1-5H3,(H,18,19)(H2,14,15,17,20). The maximum Gasteiger partial charge on any atom is 0.331 e. The lowest BCUT2D eigenvalue weighted by atomic mass is 10.1. The minimum Gasteiger partial charge on any atom is -0.478 e. The fourth-order valence-electron chi connectivity index (χ4n) is 1.31. The molecule has 0 aliphatic rings. The van der Waals surface area contributed by atoms with Gasteiger partial charge in [0, 0.05) is 17.2 Å². The minimum absolute atomic E-state index is 0.00796. The number of amides is 3. The normalized spacial score (nSPS) is 13.5. The monoisotopic (exact) mass is 285 g/mol. The Morgan fingerprint density at radius 2 is 1.70 bits per heavy atom. The quantitative estimate of drug-likeness (QED) is 0.620. The number of hydrogen-bond acceptors (Lipinski definition) is 4. The van der Waals surface area contributed by atoms with Crippen LogP contribution in [-0.2, 0) is 9.59 Å². The van der Waals surface area contributed by atoms with Gasteiger partial charge in [-0.15, -0.1) is 0 Å². The molecule has 7 heteroatoms. The molecule has 0 fully saturated rings. The predicted octanol–water partition coefficient (Wildman–Crippen LogP) is 0.573. The first-order chi connectivity index (χ1) is 9.15. The lowest BCUT2D eigenvalue weighted by Crippen LogP contribution is -2.44. The minimum atomic E-state index is -1.18. The van der Waals surface area contributed by atoms with Crippen LogP contribution >= 0.6 is 0 Å². The molecule has 0 aromatic rings. The molecule has 0 bridgehead atoms. The molecule has 20 heavy (non-hydrogen) atoms. The van der Waals surface area contributed by atoms with E-state index >= 15 is 0 Å². The Kier molecular flexibility index (Phi) is 7.53. The summed E-state index contributed by atoms with van der Waals surface area (Å²) in [6, 6.07) is -0.714. The summed E-state index contributed by atoms with van der Waals surface area (Å²) in [6.07, 6.45) is 0.748. The molecular weight excluding hydrogens is 262 g/mol. The third-order valence-corrected chi connectivity index (χ3v) is 2.84. The van der Waals surface area contributed by atoms with E-state index in [-0.39, 0.29) is 17.2 Å². The summed E-state index contributed by atoms with van der Waals surface area (Å²) < 4.78 is 0. The molecule has 0 rings (SSSR count). The number of hydrogen-bond donors (Lipinski definition) is 3.